The van der Waals surface area contributed by atoms with Crippen molar-refractivity contribution in [2.75, 3.05) is 16.3 Å². The standard InChI is InChI=1S/C27H26N2O5/c1-16-7-12-23(17(2)13-16)28-15-18(14-24(28)30)27(33)34-20-10-8-19(9-11-20)29-25(31)21-5-3-4-6-22(21)26(29)32/h3-4,7-13,18,21-22H,5-6,14-15H2,1-2H3/t18-,21-,22-/m1/s1. The zero-order chi connectivity index (χ0) is 24.0. The Morgan fingerprint density at radius 2 is 1.56 bits per heavy atom. The lowest BCUT2D eigenvalue weighted by Gasteiger charge is -2.19. The Morgan fingerprint density at radius 1 is 0.912 bits per heavy atom. The lowest BCUT2D eigenvalue weighted by molar-refractivity contribution is -0.139. The minimum Gasteiger partial charge on any atom is -0.426 e. The van der Waals surface area contributed by atoms with Gasteiger partial charge in [0.15, 0.2) is 0 Å². The molecule has 2 saturated heterocycles. The average molecular weight is 459 g/mol. The maximum absolute atomic E-state index is 12.8. The first-order chi connectivity index (χ1) is 16.3. The van der Waals surface area contributed by atoms with Crippen molar-refractivity contribution >= 4 is 35.1 Å². The molecular formula is C27H26N2O5. The molecule has 34 heavy (non-hydrogen) atoms. The maximum atomic E-state index is 12.8. The van der Waals surface area contributed by atoms with Crippen LogP contribution in [0.3, 0.4) is 0 Å². The van der Waals surface area contributed by atoms with E-state index in [1.165, 1.54) is 4.90 Å². The van der Waals surface area contributed by atoms with Crippen LogP contribution >= 0.6 is 0 Å². The van der Waals surface area contributed by atoms with Crippen LogP contribution < -0.4 is 14.5 Å². The van der Waals surface area contributed by atoms with Crippen LogP contribution in [0.2, 0.25) is 0 Å². The van der Waals surface area contributed by atoms with E-state index >= 15 is 0 Å². The molecule has 2 heterocycles. The molecule has 3 atom stereocenters. The summed E-state index contributed by atoms with van der Waals surface area (Å²) in [6.07, 6.45) is 5.17. The van der Waals surface area contributed by atoms with E-state index in [9.17, 15) is 19.2 Å². The van der Waals surface area contributed by atoms with Gasteiger partial charge in [-0.2, -0.15) is 0 Å². The summed E-state index contributed by atoms with van der Waals surface area (Å²) in [5, 5.41) is 0. The summed E-state index contributed by atoms with van der Waals surface area (Å²) >= 11 is 0. The molecule has 2 aliphatic heterocycles. The number of aryl methyl sites for hydroxylation is 2. The lowest BCUT2D eigenvalue weighted by atomic mass is 9.85. The van der Waals surface area contributed by atoms with E-state index in [0.717, 1.165) is 16.8 Å². The average Bonchev–Trinajstić information content (AvgIpc) is 3.32. The first-order valence-electron chi connectivity index (χ1n) is 11.6. The summed E-state index contributed by atoms with van der Waals surface area (Å²) in [4.78, 5) is 53.7. The fourth-order valence-electron chi connectivity index (χ4n) is 5.12. The molecule has 2 fully saturated rings. The number of allylic oxidation sites excluding steroid dienone is 2. The fraction of sp³-hybridized carbons (Fsp3) is 0.333. The maximum Gasteiger partial charge on any atom is 0.316 e. The second kappa shape index (κ2) is 8.56. The summed E-state index contributed by atoms with van der Waals surface area (Å²) in [5.74, 6) is -1.79. The molecule has 0 unspecified atom stereocenters. The highest BCUT2D eigenvalue weighted by Gasteiger charge is 2.47. The Balaban J connectivity index is 1.25. The molecular weight excluding hydrogens is 432 g/mol. The lowest BCUT2D eigenvalue weighted by Crippen LogP contribution is -2.30. The van der Waals surface area contributed by atoms with Crippen LogP contribution in [0.5, 0.6) is 5.75 Å². The molecule has 5 rings (SSSR count). The summed E-state index contributed by atoms with van der Waals surface area (Å²) in [5.41, 5.74) is 3.38. The van der Waals surface area contributed by atoms with Crippen molar-refractivity contribution in [3.8, 4) is 5.75 Å². The Bertz CT molecular complexity index is 1190. The third-order valence-electron chi connectivity index (χ3n) is 6.92. The highest BCUT2D eigenvalue weighted by atomic mass is 16.5. The van der Waals surface area contributed by atoms with Crippen LogP contribution in [0.4, 0.5) is 11.4 Å². The number of benzene rings is 2. The summed E-state index contributed by atoms with van der Waals surface area (Å²) in [7, 11) is 0. The van der Waals surface area contributed by atoms with E-state index in [1.54, 1.807) is 29.2 Å². The van der Waals surface area contributed by atoms with Crippen molar-refractivity contribution in [2.24, 2.45) is 17.8 Å². The van der Waals surface area contributed by atoms with Gasteiger partial charge in [0.2, 0.25) is 17.7 Å². The number of anilines is 2. The Labute approximate surface area is 198 Å². The Hall–Kier alpha value is -3.74. The number of ether oxygens (including phenoxy) is 1. The first kappa shape index (κ1) is 22.1. The number of amides is 3. The predicted molar refractivity (Wildman–Crippen MR) is 126 cm³/mol. The molecule has 0 aromatic heterocycles. The number of carbonyl (C=O) groups is 4. The van der Waals surface area contributed by atoms with Crippen molar-refractivity contribution in [1.29, 1.82) is 0 Å². The first-order valence-corrected chi connectivity index (χ1v) is 11.6. The minimum atomic E-state index is -0.565. The van der Waals surface area contributed by atoms with Crippen LogP contribution in [0.1, 0.15) is 30.4 Å². The summed E-state index contributed by atoms with van der Waals surface area (Å²) < 4.78 is 5.53. The van der Waals surface area contributed by atoms with Crippen molar-refractivity contribution in [1.82, 2.24) is 0 Å². The predicted octanol–water partition coefficient (Wildman–Crippen LogP) is 3.72. The Morgan fingerprint density at radius 3 is 2.18 bits per heavy atom. The molecule has 1 aliphatic carbocycles. The molecule has 0 bridgehead atoms. The monoisotopic (exact) mass is 458 g/mol. The van der Waals surface area contributed by atoms with Crippen LogP contribution in [-0.4, -0.2) is 30.2 Å². The number of hydrogen-bond donors (Lipinski definition) is 0. The zero-order valence-electron chi connectivity index (χ0n) is 19.2. The van der Waals surface area contributed by atoms with Crippen LogP contribution in [0.25, 0.3) is 0 Å². The van der Waals surface area contributed by atoms with Gasteiger partial charge in [-0.1, -0.05) is 29.8 Å². The second-order valence-electron chi connectivity index (χ2n) is 9.28. The smallest absolute Gasteiger partial charge is 0.316 e. The number of nitrogens with zero attached hydrogens (tertiary/aromatic N) is 2. The Kier molecular flexibility index (Phi) is 5.55. The number of imide groups is 1. The fourth-order valence-corrected chi connectivity index (χ4v) is 5.12. The van der Waals surface area contributed by atoms with E-state index in [1.807, 2.05) is 44.2 Å². The van der Waals surface area contributed by atoms with E-state index in [2.05, 4.69) is 0 Å². The second-order valence-corrected chi connectivity index (χ2v) is 9.28. The molecule has 2 aromatic carbocycles. The van der Waals surface area contributed by atoms with Gasteiger partial charge in [0.05, 0.1) is 23.4 Å². The largest absolute Gasteiger partial charge is 0.426 e. The SMILES string of the molecule is Cc1ccc(N2C[C@H](C(=O)Oc3ccc(N4C(=O)[C@@H]5CC=CC[C@H]5C4=O)cc3)CC2=O)c(C)c1. The number of esters is 1. The molecule has 3 amide bonds. The molecule has 174 valence electrons. The van der Waals surface area contributed by atoms with Gasteiger partial charge in [0.25, 0.3) is 0 Å². The van der Waals surface area contributed by atoms with Crippen molar-refractivity contribution in [3.05, 3.63) is 65.7 Å². The van der Waals surface area contributed by atoms with Gasteiger partial charge >= 0.3 is 5.97 Å². The normalized spacial score (nSPS) is 24.1. The molecule has 7 nitrogen and oxygen atoms in total. The van der Waals surface area contributed by atoms with Crippen molar-refractivity contribution < 1.29 is 23.9 Å². The van der Waals surface area contributed by atoms with Gasteiger partial charge in [-0.25, -0.2) is 0 Å². The molecule has 0 saturated carbocycles. The third-order valence-corrected chi connectivity index (χ3v) is 6.92. The van der Waals surface area contributed by atoms with E-state index in [0.29, 0.717) is 24.3 Å². The van der Waals surface area contributed by atoms with Gasteiger partial charge in [-0.15, -0.1) is 0 Å². The number of rotatable bonds is 4. The van der Waals surface area contributed by atoms with Gasteiger partial charge in [-0.3, -0.25) is 24.1 Å². The quantitative estimate of drug-likeness (QED) is 0.302. The number of fused-ring (bicyclic) bond motifs is 1. The number of carbonyl (C=O) groups excluding carboxylic acids is 4. The highest BCUT2D eigenvalue weighted by Crippen LogP contribution is 2.38. The van der Waals surface area contributed by atoms with Crippen molar-refractivity contribution in [2.45, 2.75) is 33.1 Å². The van der Waals surface area contributed by atoms with E-state index in [4.69, 9.17) is 4.74 Å². The zero-order valence-corrected chi connectivity index (χ0v) is 19.2. The van der Waals surface area contributed by atoms with E-state index < -0.39 is 11.9 Å². The minimum absolute atomic E-state index is 0.0951. The van der Waals surface area contributed by atoms with Gasteiger partial charge < -0.3 is 9.64 Å². The molecule has 0 radical (unpaired) electrons. The van der Waals surface area contributed by atoms with Crippen LogP contribution in [0.15, 0.2) is 54.6 Å². The van der Waals surface area contributed by atoms with Gasteiger partial charge in [0, 0.05) is 18.7 Å². The topological polar surface area (TPSA) is 84.0 Å². The molecule has 2 aromatic rings. The molecule has 0 N–H and O–H groups in total. The summed E-state index contributed by atoms with van der Waals surface area (Å²) in [6.45, 7) is 4.21. The van der Waals surface area contributed by atoms with Gasteiger partial charge in [-0.05, 0) is 62.6 Å². The van der Waals surface area contributed by atoms with Crippen molar-refractivity contribution in [3.63, 3.8) is 0 Å². The third kappa shape index (κ3) is 3.81. The van der Waals surface area contributed by atoms with Crippen LogP contribution in [-0.2, 0) is 19.2 Å². The summed E-state index contributed by atoms with van der Waals surface area (Å²) in [6, 6.07) is 12.2. The molecule has 7 heteroatoms. The highest BCUT2D eigenvalue weighted by molar-refractivity contribution is 6.22. The molecule has 3 aliphatic rings. The molecule has 0 spiro atoms. The van der Waals surface area contributed by atoms with Gasteiger partial charge in [0.1, 0.15) is 5.75 Å². The van der Waals surface area contributed by atoms with E-state index in [-0.39, 0.29) is 42.5 Å². The van der Waals surface area contributed by atoms with Crippen LogP contribution in [0, 0.1) is 31.6 Å². The number of hydrogen-bond acceptors (Lipinski definition) is 5.